The number of aliphatic hydroxyl groups is 1. The number of hydrazone groups is 1. The molecule has 1 atom stereocenters. The lowest BCUT2D eigenvalue weighted by Crippen LogP contribution is -2.42. The molecule has 4 heteroatoms. The van der Waals surface area contributed by atoms with Crippen LogP contribution in [0.15, 0.2) is 65.8 Å². The van der Waals surface area contributed by atoms with Crippen LogP contribution in [0.1, 0.15) is 11.1 Å². The molecule has 0 radical (unpaired) electrons. The third-order valence-corrected chi connectivity index (χ3v) is 3.18. The molecule has 0 saturated carbocycles. The Bertz CT molecular complexity index is 638. The summed E-state index contributed by atoms with van der Waals surface area (Å²) in [6, 6.07) is 18.0. The second-order valence-corrected chi connectivity index (χ2v) is 4.34. The molecule has 1 aliphatic heterocycles. The van der Waals surface area contributed by atoms with Crippen molar-refractivity contribution in [3.63, 3.8) is 0 Å². The molecule has 3 rings (SSSR count). The topological polar surface area (TPSA) is 61.7 Å². The van der Waals surface area contributed by atoms with Gasteiger partial charge in [0.2, 0.25) is 5.60 Å². The molecule has 0 aromatic heterocycles. The quantitative estimate of drug-likeness (QED) is 0.848. The van der Waals surface area contributed by atoms with Crippen LogP contribution in [-0.4, -0.2) is 16.7 Å². The monoisotopic (exact) mass is 252 g/mol. The zero-order chi connectivity index (χ0) is 13.3. The van der Waals surface area contributed by atoms with Crippen LogP contribution in [-0.2, 0) is 10.4 Å². The van der Waals surface area contributed by atoms with Crippen molar-refractivity contribution in [2.45, 2.75) is 5.60 Å². The lowest BCUT2D eigenvalue weighted by Gasteiger charge is -2.22. The SMILES string of the molecule is O=C1NN=C(c2ccccc2)C1(O)c1ccccc1. The van der Waals surface area contributed by atoms with Crippen molar-refractivity contribution < 1.29 is 9.90 Å². The minimum absolute atomic E-state index is 0.323. The van der Waals surface area contributed by atoms with Gasteiger partial charge >= 0.3 is 0 Å². The van der Waals surface area contributed by atoms with Gasteiger partial charge in [0.25, 0.3) is 5.91 Å². The fraction of sp³-hybridized carbons (Fsp3) is 0.0667. The van der Waals surface area contributed by atoms with Crippen molar-refractivity contribution in [1.82, 2.24) is 5.43 Å². The van der Waals surface area contributed by atoms with Crippen molar-refractivity contribution in [2.75, 3.05) is 0 Å². The van der Waals surface area contributed by atoms with Crippen LogP contribution >= 0.6 is 0 Å². The number of hydrogen-bond donors (Lipinski definition) is 2. The van der Waals surface area contributed by atoms with Crippen molar-refractivity contribution in [3.05, 3.63) is 71.8 Å². The lowest BCUT2D eigenvalue weighted by atomic mass is 9.85. The summed E-state index contributed by atoms with van der Waals surface area (Å²) >= 11 is 0. The van der Waals surface area contributed by atoms with Crippen molar-refractivity contribution in [2.24, 2.45) is 5.10 Å². The first-order chi connectivity index (χ1) is 9.23. The molecule has 0 spiro atoms. The van der Waals surface area contributed by atoms with Crippen molar-refractivity contribution in [1.29, 1.82) is 0 Å². The van der Waals surface area contributed by atoms with Gasteiger partial charge in [-0.3, -0.25) is 4.79 Å². The maximum atomic E-state index is 12.0. The predicted molar refractivity (Wildman–Crippen MR) is 71.5 cm³/mol. The van der Waals surface area contributed by atoms with Crippen LogP contribution in [0.2, 0.25) is 0 Å². The standard InChI is InChI=1S/C15H12N2O2/c18-14-15(19,12-9-5-2-6-10-12)13(16-17-14)11-7-3-1-4-8-11/h1-10,19H,(H,17,18). The number of hydrogen-bond acceptors (Lipinski definition) is 3. The van der Waals surface area contributed by atoms with Gasteiger partial charge < -0.3 is 5.11 Å². The van der Waals surface area contributed by atoms with Crippen LogP contribution in [0.5, 0.6) is 0 Å². The highest BCUT2D eigenvalue weighted by molar-refractivity contribution is 6.22. The number of rotatable bonds is 2. The van der Waals surface area contributed by atoms with Gasteiger partial charge in [-0.05, 0) is 5.56 Å². The van der Waals surface area contributed by atoms with E-state index in [1.807, 2.05) is 36.4 Å². The van der Waals surface area contributed by atoms with Crippen LogP contribution in [0, 0.1) is 0 Å². The third-order valence-electron chi connectivity index (χ3n) is 3.18. The summed E-state index contributed by atoms with van der Waals surface area (Å²) in [5, 5.41) is 14.8. The van der Waals surface area contributed by atoms with E-state index in [1.54, 1.807) is 24.3 Å². The highest BCUT2D eigenvalue weighted by atomic mass is 16.3. The molecule has 0 bridgehead atoms. The van der Waals surface area contributed by atoms with Gasteiger partial charge in [-0.15, -0.1) is 0 Å². The first-order valence-electron chi connectivity index (χ1n) is 5.95. The normalized spacial score (nSPS) is 21.9. The minimum Gasteiger partial charge on any atom is -0.370 e. The number of carbonyl (C=O) groups is 1. The van der Waals surface area contributed by atoms with E-state index in [2.05, 4.69) is 10.5 Å². The summed E-state index contributed by atoms with van der Waals surface area (Å²) in [6.07, 6.45) is 0. The van der Waals surface area contributed by atoms with Crippen molar-refractivity contribution in [3.8, 4) is 0 Å². The molecule has 1 heterocycles. The second kappa shape index (κ2) is 4.33. The van der Waals surface area contributed by atoms with E-state index in [4.69, 9.17) is 0 Å². The predicted octanol–water partition coefficient (Wildman–Crippen LogP) is 1.41. The van der Waals surface area contributed by atoms with E-state index in [0.29, 0.717) is 16.8 Å². The molecule has 2 aromatic rings. The molecule has 4 nitrogen and oxygen atoms in total. The first-order valence-corrected chi connectivity index (χ1v) is 5.95. The fourth-order valence-electron chi connectivity index (χ4n) is 2.19. The Morgan fingerprint density at radius 1 is 0.947 bits per heavy atom. The van der Waals surface area contributed by atoms with E-state index in [1.165, 1.54) is 0 Å². The lowest BCUT2D eigenvalue weighted by molar-refractivity contribution is -0.132. The van der Waals surface area contributed by atoms with Gasteiger partial charge in [0, 0.05) is 5.56 Å². The van der Waals surface area contributed by atoms with Crippen molar-refractivity contribution >= 4 is 11.6 Å². The van der Waals surface area contributed by atoms with E-state index in [9.17, 15) is 9.90 Å². The number of nitrogens with one attached hydrogen (secondary N) is 1. The Balaban J connectivity index is 2.13. The highest BCUT2D eigenvalue weighted by Crippen LogP contribution is 2.29. The van der Waals surface area contributed by atoms with E-state index in [-0.39, 0.29) is 0 Å². The Kier molecular flexibility index (Phi) is 2.65. The number of carbonyl (C=O) groups excluding carboxylic acids is 1. The zero-order valence-electron chi connectivity index (χ0n) is 10.1. The summed E-state index contributed by atoms with van der Waals surface area (Å²) in [4.78, 5) is 12.0. The summed E-state index contributed by atoms with van der Waals surface area (Å²) in [7, 11) is 0. The molecule has 94 valence electrons. The van der Waals surface area contributed by atoms with Crippen LogP contribution in [0.3, 0.4) is 0 Å². The second-order valence-electron chi connectivity index (χ2n) is 4.34. The highest BCUT2D eigenvalue weighted by Gasteiger charge is 2.47. The summed E-state index contributed by atoms with van der Waals surface area (Å²) < 4.78 is 0. The number of amides is 1. The van der Waals surface area contributed by atoms with Gasteiger partial charge in [0.15, 0.2) is 0 Å². The third kappa shape index (κ3) is 1.73. The maximum absolute atomic E-state index is 12.0. The molecular formula is C15H12N2O2. The molecule has 2 N–H and O–H groups in total. The molecule has 0 aliphatic carbocycles. The number of nitrogens with zero attached hydrogens (tertiary/aromatic N) is 1. The average molecular weight is 252 g/mol. The largest absolute Gasteiger partial charge is 0.370 e. The molecule has 19 heavy (non-hydrogen) atoms. The van der Waals surface area contributed by atoms with Gasteiger partial charge in [0.1, 0.15) is 5.71 Å². The summed E-state index contributed by atoms with van der Waals surface area (Å²) in [5.41, 5.74) is 2.17. The van der Waals surface area contributed by atoms with Crippen LogP contribution in [0.25, 0.3) is 0 Å². The van der Waals surface area contributed by atoms with E-state index < -0.39 is 11.5 Å². The number of benzene rings is 2. The molecule has 0 saturated heterocycles. The molecule has 0 fully saturated rings. The average Bonchev–Trinajstić information content (AvgIpc) is 2.78. The Hall–Kier alpha value is -2.46. The minimum atomic E-state index is -1.73. The van der Waals surface area contributed by atoms with Gasteiger partial charge in [0.05, 0.1) is 0 Å². The summed E-state index contributed by atoms with van der Waals surface area (Å²) in [5.74, 6) is -0.530. The Labute approximate surface area is 110 Å². The molecule has 1 amide bonds. The zero-order valence-corrected chi connectivity index (χ0v) is 10.1. The molecule has 2 aromatic carbocycles. The van der Waals surface area contributed by atoms with Gasteiger partial charge in [-0.1, -0.05) is 60.7 Å². The summed E-state index contributed by atoms with van der Waals surface area (Å²) in [6.45, 7) is 0. The van der Waals surface area contributed by atoms with Gasteiger partial charge in [-0.25, -0.2) is 5.43 Å². The van der Waals surface area contributed by atoms with E-state index >= 15 is 0 Å². The fourth-order valence-corrected chi connectivity index (χ4v) is 2.19. The molecule has 1 unspecified atom stereocenters. The van der Waals surface area contributed by atoms with Gasteiger partial charge in [-0.2, -0.15) is 5.10 Å². The molecular weight excluding hydrogens is 240 g/mol. The molecule has 1 aliphatic rings. The Morgan fingerprint density at radius 2 is 1.53 bits per heavy atom. The van der Waals surface area contributed by atoms with Crippen LogP contribution in [0.4, 0.5) is 0 Å². The first kappa shape index (κ1) is 11.6. The Morgan fingerprint density at radius 3 is 2.16 bits per heavy atom. The van der Waals surface area contributed by atoms with Crippen LogP contribution < -0.4 is 5.43 Å². The smallest absolute Gasteiger partial charge is 0.283 e. The van der Waals surface area contributed by atoms with E-state index in [0.717, 1.165) is 0 Å². The maximum Gasteiger partial charge on any atom is 0.283 e.